The van der Waals surface area contributed by atoms with Gasteiger partial charge in [-0.2, -0.15) is 0 Å². The number of carbonyl (C=O) groups is 2. The number of carboxylic acid groups (broad SMARTS) is 1. The minimum Gasteiger partial charge on any atom is -0.480 e. The predicted molar refractivity (Wildman–Crippen MR) is 61.5 cm³/mol. The first kappa shape index (κ1) is 12.2. The summed E-state index contributed by atoms with van der Waals surface area (Å²) in [6, 6.07) is -0.0135. The van der Waals surface area contributed by atoms with Crippen molar-refractivity contribution in [1.29, 1.82) is 0 Å². The molecule has 1 unspecified atom stereocenters. The van der Waals surface area contributed by atoms with Crippen LogP contribution in [-0.2, 0) is 4.79 Å². The lowest BCUT2D eigenvalue weighted by molar-refractivity contribution is -0.137. The van der Waals surface area contributed by atoms with Crippen LogP contribution < -0.4 is 5.73 Å². The molecule has 17 heavy (non-hydrogen) atoms. The Labute approximate surface area is 100 Å². The molecule has 1 saturated heterocycles. The number of aliphatic carboxylic acids is 1. The number of carboxylic acids is 1. The number of carbonyl (C=O) groups excluding carboxylic acids is 1. The maximum atomic E-state index is 12.2. The van der Waals surface area contributed by atoms with Crippen LogP contribution in [0, 0.1) is 0 Å². The smallest absolute Gasteiger partial charge is 0.323 e. The van der Waals surface area contributed by atoms with Crippen molar-refractivity contribution in [2.75, 3.05) is 19.6 Å². The van der Waals surface area contributed by atoms with Gasteiger partial charge < -0.3 is 20.6 Å². The second kappa shape index (κ2) is 4.91. The molecule has 1 aliphatic carbocycles. The lowest BCUT2D eigenvalue weighted by Gasteiger charge is -2.34. The van der Waals surface area contributed by atoms with E-state index in [0.717, 1.165) is 25.7 Å². The summed E-state index contributed by atoms with van der Waals surface area (Å²) in [4.78, 5) is 26.1. The number of nitrogens with zero attached hydrogens (tertiary/aromatic N) is 2. The van der Waals surface area contributed by atoms with Gasteiger partial charge in [-0.15, -0.1) is 0 Å². The number of amides is 2. The number of urea groups is 1. The quantitative estimate of drug-likeness (QED) is 0.732. The molecule has 1 aliphatic heterocycles. The van der Waals surface area contributed by atoms with Crippen LogP contribution in [0.3, 0.4) is 0 Å². The van der Waals surface area contributed by atoms with E-state index in [0.29, 0.717) is 13.1 Å². The minimum atomic E-state index is -0.952. The van der Waals surface area contributed by atoms with E-state index in [2.05, 4.69) is 0 Å². The Morgan fingerprint density at radius 1 is 1.35 bits per heavy atom. The summed E-state index contributed by atoms with van der Waals surface area (Å²) >= 11 is 0. The molecule has 2 aliphatic rings. The highest BCUT2D eigenvalue weighted by Crippen LogP contribution is 2.28. The van der Waals surface area contributed by atoms with E-state index in [4.69, 9.17) is 10.8 Å². The Morgan fingerprint density at radius 2 is 2.06 bits per heavy atom. The Balaban J connectivity index is 1.97. The number of hydrogen-bond donors (Lipinski definition) is 2. The molecule has 6 heteroatoms. The molecule has 2 amide bonds. The zero-order chi connectivity index (χ0) is 12.4. The van der Waals surface area contributed by atoms with Gasteiger partial charge in [0.05, 0.1) is 0 Å². The van der Waals surface area contributed by atoms with Gasteiger partial charge >= 0.3 is 12.0 Å². The largest absolute Gasteiger partial charge is 0.480 e. The van der Waals surface area contributed by atoms with Gasteiger partial charge in [0.1, 0.15) is 6.54 Å². The first-order valence-electron chi connectivity index (χ1n) is 6.11. The summed E-state index contributed by atoms with van der Waals surface area (Å²) in [6.45, 7) is 1.03. The molecule has 0 bridgehead atoms. The first-order chi connectivity index (χ1) is 8.08. The van der Waals surface area contributed by atoms with Crippen molar-refractivity contribution in [3.63, 3.8) is 0 Å². The van der Waals surface area contributed by atoms with Gasteiger partial charge in [-0.25, -0.2) is 4.79 Å². The van der Waals surface area contributed by atoms with Crippen molar-refractivity contribution in [1.82, 2.24) is 9.80 Å². The summed E-state index contributed by atoms with van der Waals surface area (Å²) in [5.41, 5.74) is 5.83. The van der Waals surface area contributed by atoms with Gasteiger partial charge in [0.25, 0.3) is 0 Å². The minimum absolute atomic E-state index is 0.0265. The lowest BCUT2D eigenvalue weighted by Crippen LogP contribution is -2.52. The van der Waals surface area contributed by atoms with E-state index in [9.17, 15) is 9.59 Å². The van der Waals surface area contributed by atoms with Gasteiger partial charge in [-0.1, -0.05) is 0 Å². The topological polar surface area (TPSA) is 86.9 Å². The third-order valence-electron chi connectivity index (χ3n) is 3.27. The van der Waals surface area contributed by atoms with Crippen LogP contribution in [0.5, 0.6) is 0 Å². The molecule has 0 aromatic carbocycles. The van der Waals surface area contributed by atoms with Gasteiger partial charge in [0, 0.05) is 25.2 Å². The Bertz CT molecular complexity index is 317. The van der Waals surface area contributed by atoms with Crippen LogP contribution in [0.4, 0.5) is 4.79 Å². The molecule has 0 aromatic rings. The third-order valence-corrected chi connectivity index (χ3v) is 3.27. The standard InChI is InChI=1S/C11H19N3O3/c12-8-2-1-5-13(6-8)11(17)14(7-10(15)16)9-3-4-9/h8-9H,1-7,12H2,(H,15,16). The number of hydrogen-bond acceptors (Lipinski definition) is 3. The van der Waals surface area contributed by atoms with Crippen molar-refractivity contribution >= 4 is 12.0 Å². The summed E-state index contributed by atoms with van der Waals surface area (Å²) in [5, 5.41) is 8.82. The molecule has 1 atom stereocenters. The normalized spacial score (nSPS) is 24.5. The van der Waals surface area contributed by atoms with Crippen LogP contribution in [0.25, 0.3) is 0 Å². The van der Waals surface area contributed by atoms with Crippen molar-refractivity contribution in [2.45, 2.75) is 37.8 Å². The van der Waals surface area contributed by atoms with Crippen LogP contribution in [0.2, 0.25) is 0 Å². The molecule has 2 rings (SSSR count). The average molecular weight is 241 g/mol. The molecule has 6 nitrogen and oxygen atoms in total. The summed E-state index contributed by atoms with van der Waals surface area (Å²) in [6.07, 6.45) is 3.67. The molecule has 0 aromatic heterocycles. The number of likely N-dealkylation sites (tertiary alicyclic amines) is 1. The first-order valence-corrected chi connectivity index (χ1v) is 6.11. The SMILES string of the molecule is NC1CCCN(C(=O)N(CC(=O)O)C2CC2)C1. The summed E-state index contributed by atoms with van der Waals surface area (Å²) in [7, 11) is 0. The van der Waals surface area contributed by atoms with Crippen LogP contribution in [0.1, 0.15) is 25.7 Å². The highest BCUT2D eigenvalue weighted by Gasteiger charge is 2.36. The van der Waals surface area contributed by atoms with Crippen molar-refractivity contribution in [3.05, 3.63) is 0 Å². The van der Waals surface area contributed by atoms with Crippen molar-refractivity contribution in [2.24, 2.45) is 5.73 Å². The highest BCUT2D eigenvalue weighted by atomic mass is 16.4. The van der Waals surface area contributed by atoms with E-state index < -0.39 is 5.97 Å². The Hall–Kier alpha value is -1.30. The van der Waals surface area contributed by atoms with E-state index >= 15 is 0 Å². The number of piperidine rings is 1. The summed E-state index contributed by atoms with van der Waals surface area (Å²) in [5.74, 6) is -0.952. The third kappa shape index (κ3) is 3.09. The Kier molecular flexibility index (Phi) is 3.51. The molecule has 0 spiro atoms. The monoisotopic (exact) mass is 241 g/mol. The average Bonchev–Trinajstić information content (AvgIpc) is 3.08. The van der Waals surface area contributed by atoms with Crippen molar-refractivity contribution in [3.8, 4) is 0 Å². The summed E-state index contributed by atoms with van der Waals surface area (Å²) < 4.78 is 0. The van der Waals surface area contributed by atoms with E-state index in [-0.39, 0.29) is 24.7 Å². The number of nitrogens with two attached hydrogens (primary N) is 1. The second-order valence-electron chi connectivity index (χ2n) is 4.88. The van der Waals surface area contributed by atoms with Crippen LogP contribution >= 0.6 is 0 Å². The van der Waals surface area contributed by atoms with Gasteiger partial charge in [0.2, 0.25) is 0 Å². The fourth-order valence-electron chi connectivity index (χ4n) is 2.25. The molecule has 0 radical (unpaired) electrons. The molecule has 2 fully saturated rings. The number of rotatable bonds is 3. The Morgan fingerprint density at radius 3 is 2.59 bits per heavy atom. The molecule has 1 saturated carbocycles. The lowest BCUT2D eigenvalue weighted by atomic mass is 10.1. The second-order valence-corrected chi connectivity index (χ2v) is 4.88. The zero-order valence-corrected chi connectivity index (χ0v) is 9.84. The molecular weight excluding hydrogens is 222 g/mol. The zero-order valence-electron chi connectivity index (χ0n) is 9.84. The van der Waals surface area contributed by atoms with Gasteiger partial charge in [-0.3, -0.25) is 4.79 Å². The molecule has 3 N–H and O–H groups in total. The predicted octanol–water partition coefficient (Wildman–Crippen LogP) is 0.0785. The maximum Gasteiger partial charge on any atom is 0.323 e. The highest BCUT2D eigenvalue weighted by molar-refractivity contribution is 5.81. The van der Waals surface area contributed by atoms with Gasteiger partial charge in [-0.05, 0) is 25.7 Å². The molecular formula is C11H19N3O3. The van der Waals surface area contributed by atoms with E-state index in [1.165, 1.54) is 4.90 Å². The van der Waals surface area contributed by atoms with Gasteiger partial charge in [0.15, 0.2) is 0 Å². The van der Waals surface area contributed by atoms with E-state index in [1.54, 1.807) is 4.90 Å². The maximum absolute atomic E-state index is 12.2. The van der Waals surface area contributed by atoms with E-state index in [1.807, 2.05) is 0 Å². The van der Waals surface area contributed by atoms with Crippen molar-refractivity contribution < 1.29 is 14.7 Å². The molecule has 96 valence electrons. The fourth-order valence-corrected chi connectivity index (χ4v) is 2.25. The van der Waals surface area contributed by atoms with Crippen LogP contribution in [0.15, 0.2) is 0 Å². The van der Waals surface area contributed by atoms with Crippen LogP contribution in [-0.4, -0.2) is 58.6 Å². The molecule has 1 heterocycles. The fraction of sp³-hybridized carbons (Fsp3) is 0.818.